The second kappa shape index (κ2) is 5.20. The topological polar surface area (TPSA) is 91.7 Å². The Kier molecular flexibility index (Phi) is 3.23. The molecule has 0 spiro atoms. The first-order valence-electron chi connectivity index (χ1n) is 6.33. The molecule has 0 saturated carbocycles. The third kappa shape index (κ3) is 2.53. The molecule has 3 heterocycles. The number of anilines is 1. The molecule has 0 aliphatic rings. The molecule has 3 rings (SSSR count). The number of hydrogen-bond donors (Lipinski definition) is 1. The second-order valence-corrected chi connectivity index (χ2v) is 4.49. The van der Waals surface area contributed by atoms with Crippen LogP contribution in [-0.2, 0) is 0 Å². The second-order valence-electron chi connectivity index (χ2n) is 4.49. The molecule has 0 aliphatic carbocycles. The van der Waals surface area contributed by atoms with Crippen molar-refractivity contribution in [1.82, 2.24) is 24.7 Å². The van der Waals surface area contributed by atoms with Gasteiger partial charge in [-0.05, 0) is 31.2 Å². The lowest BCUT2D eigenvalue weighted by atomic mass is 10.2. The Hall–Kier alpha value is -2.96. The number of hydrogen-bond acceptors (Lipinski definition) is 6. The molecule has 0 saturated heterocycles. The molecule has 0 atom stereocenters. The fourth-order valence-corrected chi connectivity index (χ4v) is 1.95. The zero-order chi connectivity index (χ0) is 14.8. The summed E-state index contributed by atoms with van der Waals surface area (Å²) in [6.07, 6.45) is 3.62. The molecule has 7 nitrogen and oxygen atoms in total. The van der Waals surface area contributed by atoms with Crippen LogP contribution in [0.15, 0.2) is 36.8 Å². The van der Waals surface area contributed by atoms with Crippen molar-refractivity contribution in [3.05, 3.63) is 42.5 Å². The van der Waals surface area contributed by atoms with Gasteiger partial charge in [-0.15, -0.1) is 10.2 Å². The summed E-state index contributed by atoms with van der Waals surface area (Å²) in [4.78, 5) is 8.66. The van der Waals surface area contributed by atoms with Gasteiger partial charge in [0.05, 0.1) is 24.8 Å². The molecule has 3 aromatic heterocycles. The fraction of sp³-hybridized carbons (Fsp3) is 0.143. The van der Waals surface area contributed by atoms with Crippen molar-refractivity contribution in [2.45, 2.75) is 6.92 Å². The molecule has 3 aromatic rings. The lowest BCUT2D eigenvalue weighted by Crippen LogP contribution is -2.00. The zero-order valence-corrected chi connectivity index (χ0v) is 11.7. The predicted molar refractivity (Wildman–Crippen MR) is 78.1 cm³/mol. The van der Waals surface area contributed by atoms with Gasteiger partial charge in [0.25, 0.3) is 0 Å². The van der Waals surface area contributed by atoms with E-state index in [0.29, 0.717) is 23.1 Å². The smallest absolute Gasteiger partial charge is 0.238 e. The monoisotopic (exact) mass is 282 g/mol. The van der Waals surface area contributed by atoms with Crippen molar-refractivity contribution in [3.8, 4) is 23.0 Å². The number of rotatable bonds is 3. The standard InChI is InChI=1S/C14H14N6O/c1-9-7-20(8-16-9)12-5-3-10(17-14(12)21-2)11-4-6-13(15)19-18-11/h3-8H,1-2H3,(H2,15,19). The van der Waals surface area contributed by atoms with Crippen LogP contribution in [0.25, 0.3) is 17.1 Å². The molecule has 0 aliphatic heterocycles. The predicted octanol–water partition coefficient (Wildman–Crippen LogP) is 1.62. The summed E-state index contributed by atoms with van der Waals surface area (Å²) >= 11 is 0. The first-order valence-corrected chi connectivity index (χ1v) is 6.33. The van der Waals surface area contributed by atoms with Crippen LogP contribution in [-0.4, -0.2) is 31.8 Å². The minimum absolute atomic E-state index is 0.372. The van der Waals surface area contributed by atoms with Gasteiger partial charge in [0.2, 0.25) is 5.88 Å². The van der Waals surface area contributed by atoms with Crippen molar-refractivity contribution >= 4 is 5.82 Å². The summed E-state index contributed by atoms with van der Waals surface area (Å²) in [5, 5.41) is 7.84. The van der Waals surface area contributed by atoms with Gasteiger partial charge in [0.15, 0.2) is 0 Å². The van der Waals surface area contributed by atoms with Crippen LogP contribution in [0.1, 0.15) is 5.69 Å². The van der Waals surface area contributed by atoms with Crippen LogP contribution in [0.3, 0.4) is 0 Å². The van der Waals surface area contributed by atoms with Crippen molar-refractivity contribution in [1.29, 1.82) is 0 Å². The molecule has 0 amide bonds. The summed E-state index contributed by atoms with van der Waals surface area (Å²) < 4.78 is 7.22. The highest BCUT2D eigenvalue weighted by molar-refractivity contribution is 5.58. The van der Waals surface area contributed by atoms with Gasteiger partial charge in [0.1, 0.15) is 17.2 Å². The van der Waals surface area contributed by atoms with Crippen LogP contribution in [0.2, 0.25) is 0 Å². The van der Waals surface area contributed by atoms with Crippen LogP contribution >= 0.6 is 0 Å². The van der Waals surface area contributed by atoms with E-state index in [1.165, 1.54) is 0 Å². The Morgan fingerprint density at radius 2 is 1.90 bits per heavy atom. The van der Waals surface area contributed by atoms with Gasteiger partial charge in [-0.1, -0.05) is 0 Å². The lowest BCUT2D eigenvalue weighted by Gasteiger charge is -2.09. The van der Waals surface area contributed by atoms with E-state index in [0.717, 1.165) is 11.4 Å². The summed E-state index contributed by atoms with van der Waals surface area (Å²) in [6, 6.07) is 7.21. The lowest BCUT2D eigenvalue weighted by molar-refractivity contribution is 0.396. The highest BCUT2D eigenvalue weighted by Gasteiger charge is 2.11. The largest absolute Gasteiger partial charge is 0.479 e. The average molecular weight is 282 g/mol. The quantitative estimate of drug-likeness (QED) is 0.785. The number of pyridine rings is 1. The van der Waals surface area contributed by atoms with Gasteiger partial charge >= 0.3 is 0 Å². The Labute approximate surface area is 121 Å². The zero-order valence-electron chi connectivity index (χ0n) is 11.7. The van der Waals surface area contributed by atoms with E-state index in [2.05, 4.69) is 20.2 Å². The van der Waals surface area contributed by atoms with Crippen LogP contribution in [0, 0.1) is 6.92 Å². The third-order valence-corrected chi connectivity index (χ3v) is 2.97. The number of nitrogens with zero attached hydrogens (tertiary/aromatic N) is 5. The minimum Gasteiger partial charge on any atom is -0.479 e. The molecule has 0 fully saturated rings. The van der Waals surface area contributed by atoms with E-state index < -0.39 is 0 Å². The number of aryl methyl sites for hydroxylation is 1. The molecule has 0 radical (unpaired) electrons. The molecule has 7 heteroatoms. The highest BCUT2D eigenvalue weighted by Crippen LogP contribution is 2.25. The van der Waals surface area contributed by atoms with Crippen molar-refractivity contribution in [3.63, 3.8) is 0 Å². The molecule has 106 valence electrons. The van der Waals surface area contributed by atoms with Crippen molar-refractivity contribution in [2.24, 2.45) is 0 Å². The number of aromatic nitrogens is 5. The number of nitrogens with two attached hydrogens (primary N) is 1. The highest BCUT2D eigenvalue weighted by atomic mass is 16.5. The molecular weight excluding hydrogens is 268 g/mol. The van der Waals surface area contributed by atoms with E-state index in [9.17, 15) is 0 Å². The number of methoxy groups -OCH3 is 1. The molecule has 21 heavy (non-hydrogen) atoms. The fourth-order valence-electron chi connectivity index (χ4n) is 1.95. The number of ether oxygens (including phenoxy) is 1. The maximum atomic E-state index is 5.53. The Morgan fingerprint density at radius 1 is 1.10 bits per heavy atom. The Balaban J connectivity index is 2.04. The average Bonchev–Trinajstić information content (AvgIpc) is 2.94. The van der Waals surface area contributed by atoms with Crippen molar-refractivity contribution < 1.29 is 4.74 Å². The molecular formula is C14H14N6O. The molecule has 0 aromatic carbocycles. The maximum absolute atomic E-state index is 5.53. The normalized spacial score (nSPS) is 10.6. The van der Waals surface area contributed by atoms with Crippen LogP contribution in [0.5, 0.6) is 5.88 Å². The maximum Gasteiger partial charge on any atom is 0.238 e. The minimum atomic E-state index is 0.372. The van der Waals surface area contributed by atoms with E-state index >= 15 is 0 Å². The van der Waals surface area contributed by atoms with Crippen LogP contribution in [0.4, 0.5) is 5.82 Å². The Bertz CT molecular complexity index is 765. The van der Waals surface area contributed by atoms with Gasteiger partial charge in [-0.25, -0.2) is 9.97 Å². The number of imidazole rings is 1. The van der Waals surface area contributed by atoms with E-state index in [1.807, 2.05) is 29.8 Å². The van der Waals surface area contributed by atoms with Gasteiger partial charge < -0.3 is 15.0 Å². The summed E-state index contributed by atoms with van der Waals surface area (Å²) in [5.41, 5.74) is 8.57. The van der Waals surface area contributed by atoms with E-state index in [1.54, 1.807) is 25.6 Å². The first-order chi connectivity index (χ1) is 10.2. The van der Waals surface area contributed by atoms with E-state index in [4.69, 9.17) is 10.5 Å². The molecule has 0 bridgehead atoms. The third-order valence-electron chi connectivity index (χ3n) is 2.97. The molecule has 0 unspecified atom stereocenters. The van der Waals surface area contributed by atoms with Gasteiger partial charge in [-0.3, -0.25) is 0 Å². The van der Waals surface area contributed by atoms with Gasteiger partial charge in [-0.2, -0.15) is 0 Å². The first kappa shape index (κ1) is 13.0. The summed E-state index contributed by atoms with van der Waals surface area (Å²) in [7, 11) is 1.58. The van der Waals surface area contributed by atoms with E-state index in [-0.39, 0.29) is 0 Å². The van der Waals surface area contributed by atoms with Gasteiger partial charge in [0, 0.05) is 6.20 Å². The summed E-state index contributed by atoms with van der Waals surface area (Å²) in [6.45, 7) is 1.93. The van der Waals surface area contributed by atoms with Crippen molar-refractivity contribution in [2.75, 3.05) is 12.8 Å². The Morgan fingerprint density at radius 3 is 2.52 bits per heavy atom. The summed E-state index contributed by atoms with van der Waals surface area (Å²) in [5.74, 6) is 0.861. The number of nitrogen functional groups attached to an aromatic ring is 1. The van der Waals surface area contributed by atoms with Crippen LogP contribution < -0.4 is 10.5 Å². The SMILES string of the molecule is COc1nc(-c2ccc(N)nn2)ccc1-n1cnc(C)c1. The molecule has 2 N–H and O–H groups in total.